The van der Waals surface area contributed by atoms with Crippen molar-refractivity contribution in [1.82, 2.24) is 9.97 Å². The molecule has 0 aliphatic rings. The number of primary sulfonamides is 1. The summed E-state index contributed by atoms with van der Waals surface area (Å²) in [7, 11) is -3.48. The number of nitrogen functional groups attached to an aromatic ring is 1. The van der Waals surface area contributed by atoms with Gasteiger partial charge in [-0.3, -0.25) is 0 Å². The number of sulfonamides is 1. The summed E-state index contributed by atoms with van der Waals surface area (Å²) in [6.45, 7) is 4.07. The molecule has 0 saturated carbocycles. The highest BCUT2D eigenvalue weighted by molar-refractivity contribution is 7.89. The standard InChI is InChI=1S/C9H18N6O2S/c1-6(2)9-13-7(5-8(14-9)15-10)12-3-4-18(11,16)17/h5-6H,3-4,10H2,1-2H3,(H2,11,16,17)(H2,12,13,14,15). The van der Waals surface area contributed by atoms with Crippen LogP contribution in [0.1, 0.15) is 25.6 Å². The van der Waals surface area contributed by atoms with Gasteiger partial charge in [0.15, 0.2) is 0 Å². The van der Waals surface area contributed by atoms with E-state index in [0.717, 1.165) is 0 Å². The number of hydrogen-bond acceptors (Lipinski definition) is 7. The van der Waals surface area contributed by atoms with E-state index in [1.54, 1.807) is 6.07 Å². The van der Waals surface area contributed by atoms with E-state index in [2.05, 4.69) is 20.7 Å². The van der Waals surface area contributed by atoms with E-state index >= 15 is 0 Å². The summed E-state index contributed by atoms with van der Waals surface area (Å²) in [6.07, 6.45) is 0. The Morgan fingerprint density at radius 3 is 2.44 bits per heavy atom. The first-order chi connectivity index (χ1) is 8.31. The SMILES string of the molecule is CC(C)c1nc(NN)cc(NCCS(N)(=O)=O)n1. The van der Waals surface area contributed by atoms with Crippen LogP contribution in [0.4, 0.5) is 11.6 Å². The lowest BCUT2D eigenvalue weighted by Gasteiger charge is -2.10. The van der Waals surface area contributed by atoms with Crippen LogP contribution in [-0.2, 0) is 10.0 Å². The Hall–Kier alpha value is -1.45. The number of nitrogens with two attached hydrogens (primary N) is 2. The maximum atomic E-state index is 10.8. The van der Waals surface area contributed by atoms with Crippen LogP contribution >= 0.6 is 0 Å². The van der Waals surface area contributed by atoms with E-state index in [1.807, 2.05) is 13.8 Å². The molecule has 0 atom stereocenters. The Morgan fingerprint density at radius 1 is 1.33 bits per heavy atom. The van der Waals surface area contributed by atoms with E-state index in [9.17, 15) is 8.42 Å². The third-order valence-corrected chi connectivity index (χ3v) is 2.87. The minimum absolute atomic E-state index is 0.136. The Balaban J connectivity index is 2.78. The number of hydrazine groups is 1. The molecule has 1 aromatic rings. The minimum atomic E-state index is -3.48. The quantitative estimate of drug-likeness (QED) is 0.408. The molecule has 0 aliphatic carbocycles. The zero-order valence-corrected chi connectivity index (χ0v) is 11.2. The van der Waals surface area contributed by atoms with E-state index in [-0.39, 0.29) is 18.2 Å². The Kier molecular flexibility index (Phi) is 4.82. The summed E-state index contributed by atoms with van der Waals surface area (Å²) in [5.41, 5.74) is 2.44. The number of nitrogens with one attached hydrogen (secondary N) is 2. The Bertz CT molecular complexity index is 502. The van der Waals surface area contributed by atoms with Crippen molar-refractivity contribution in [2.75, 3.05) is 23.0 Å². The predicted octanol–water partition coefficient (Wildman–Crippen LogP) is -0.414. The van der Waals surface area contributed by atoms with Crippen molar-refractivity contribution in [2.24, 2.45) is 11.0 Å². The first-order valence-corrected chi connectivity index (χ1v) is 7.13. The van der Waals surface area contributed by atoms with Gasteiger partial charge in [-0.2, -0.15) is 0 Å². The molecule has 1 aromatic heterocycles. The van der Waals surface area contributed by atoms with Crippen molar-refractivity contribution in [3.8, 4) is 0 Å². The zero-order valence-electron chi connectivity index (χ0n) is 10.3. The maximum Gasteiger partial charge on any atom is 0.210 e. The molecule has 0 fully saturated rings. The molecule has 0 saturated heterocycles. The van der Waals surface area contributed by atoms with E-state index in [4.69, 9.17) is 11.0 Å². The normalized spacial score (nSPS) is 11.6. The second-order valence-corrected chi connectivity index (χ2v) is 5.82. The Labute approximate surface area is 106 Å². The topological polar surface area (TPSA) is 136 Å². The third kappa shape index (κ3) is 4.82. The smallest absolute Gasteiger partial charge is 0.210 e. The van der Waals surface area contributed by atoms with Gasteiger partial charge in [-0.15, -0.1) is 0 Å². The number of nitrogens with zero attached hydrogens (tertiary/aromatic N) is 2. The maximum absolute atomic E-state index is 10.8. The van der Waals surface area contributed by atoms with Crippen LogP contribution in [0.5, 0.6) is 0 Å². The summed E-state index contributed by atoms with van der Waals surface area (Å²) >= 11 is 0. The average molecular weight is 274 g/mol. The molecule has 0 unspecified atom stereocenters. The van der Waals surface area contributed by atoms with Gasteiger partial charge in [0.05, 0.1) is 5.75 Å². The van der Waals surface area contributed by atoms with Gasteiger partial charge in [-0.05, 0) is 0 Å². The number of anilines is 2. The van der Waals surface area contributed by atoms with Gasteiger partial charge in [0.1, 0.15) is 17.5 Å². The highest BCUT2D eigenvalue weighted by Gasteiger charge is 2.08. The van der Waals surface area contributed by atoms with Crippen molar-refractivity contribution in [3.05, 3.63) is 11.9 Å². The van der Waals surface area contributed by atoms with Crippen LogP contribution in [0.3, 0.4) is 0 Å². The van der Waals surface area contributed by atoms with Crippen molar-refractivity contribution in [1.29, 1.82) is 0 Å². The highest BCUT2D eigenvalue weighted by Crippen LogP contribution is 2.16. The molecule has 0 amide bonds. The molecule has 0 bridgehead atoms. The lowest BCUT2D eigenvalue weighted by molar-refractivity contribution is 0.598. The highest BCUT2D eigenvalue weighted by atomic mass is 32.2. The zero-order chi connectivity index (χ0) is 13.8. The third-order valence-electron chi connectivity index (χ3n) is 2.10. The van der Waals surface area contributed by atoms with Crippen LogP contribution in [-0.4, -0.2) is 30.7 Å². The summed E-state index contributed by atoms with van der Waals surface area (Å²) < 4.78 is 21.6. The van der Waals surface area contributed by atoms with Gasteiger partial charge in [0, 0.05) is 18.5 Å². The largest absolute Gasteiger partial charge is 0.369 e. The molecule has 8 nitrogen and oxygen atoms in total. The van der Waals surface area contributed by atoms with Gasteiger partial charge in [0.2, 0.25) is 10.0 Å². The summed E-state index contributed by atoms with van der Waals surface area (Å²) in [5, 5.41) is 7.77. The molecule has 102 valence electrons. The van der Waals surface area contributed by atoms with Crippen LogP contribution in [0, 0.1) is 0 Å². The number of aromatic nitrogens is 2. The van der Waals surface area contributed by atoms with E-state index in [1.165, 1.54) is 0 Å². The van der Waals surface area contributed by atoms with Crippen molar-refractivity contribution >= 4 is 21.7 Å². The molecule has 1 heterocycles. The molecule has 0 aromatic carbocycles. The fourth-order valence-corrected chi connectivity index (χ4v) is 1.60. The van der Waals surface area contributed by atoms with Crippen molar-refractivity contribution < 1.29 is 8.42 Å². The van der Waals surface area contributed by atoms with Gasteiger partial charge in [0.25, 0.3) is 0 Å². The summed E-state index contributed by atoms with van der Waals surface area (Å²) in [6, 6.07) is 1.59. The van der Waals surface area contributed by atoms with E-state index < -0.39 is 10.0 Å². The van der Waals surface area contributed by atoms with Crippen LogP contribution < -0.4 is 21.7 Å². The lowest BCUT2D eigenvalue weighted by Crippen LogP contribution is -2.23. The molecule has 18 heavy (non-hydrogen) atoms. The van der Waals surface area contributed by atoms with Crippen LogP contribution in [0.15, 0.2) is 6.07 Å². The first kappa shape index (κ1) is 14.6. The number of hydrogen-bond donors (Lipinski definition) is 4. The van der Waals surface area contributed by atoms with Crippen molar-refractivity contribution in [2.45, 2.75) is 19.8 Å². The fourth-order valence-electron chi connectivity index (χ4n) is 1.21. The molecule has 1 rings (SSSR count). The van der Waals surface area contributed by atoms with Crippen LogP contribution in [0.2, 0.25) is 0 Å². The van der Waals surface area contributed by atoms with E-state index in [0.29, 0.717) is 17.5 Å². The fraction of sp³-hybridized carbons (Fsp3) is 0.556. The predicted molar refractivity (Wildman–Crippen MR) is 70.4 cm³/mol. The molecule has 0 aliphatic heterocycles. The van der Waals surface area contributed by atoms with Gasteiger partial charge >= 0.3 is 0 Å². The van der Waals surface area contributed by atoms with Crippen molar-refractivity contribution in [3.63, 3.8) is 0 Å². The molecule has 9 heteroatoms. The molecule has 0 radical (unpaired) electrons. The minimum Gasteiger partial charge on any atom is -0.369 e. The first-order valence-electron chi connectivity index (χ1n) is 5.42. The van der Waals surface area contributed by atoms with Gasteiger partial charge in [-0.25, -0.2) is 29.4 Å². The average Bonchev–Trinajstić information content (AvgIpc) is 2.26. The second kappa shape index (κ2) is 5.94. The molecular weight excluding hydrogens is 256 g/mol. The molecular formula is C9H18N6O2S. The second-order valence-electron chi connectivity index (χ2n) is 4.09. The van der Waals surface area contributed by atoms with Gasteiger partial charge in [-0.1, -0.05) is 13.8 Å². The lowest BCUT2D eigenvalue weighted by atomic mass is 10.2. The summed E-state index contributed by atoms with van der Waals surface area (Å²) in [5.74, 6) is 6.85. The number of rotatable bonds is 6. The van der Waals surface area contributed by atoms with Gasteiger partial charge < -0.3 is 10.7 Å². The Morgan fingerprint density at radius 2 is 1.94 bits per heavy atom. The monoisotopic (exact) mass is 274 g/mol. The summed E-state index contributed by atoms with van der Waals surface area (Å²) in [4.78, 5) is 8.43. The molecule has 0 spiro atoms. The molecule has 6 N–H and O–H groups in total. The van der Waals surface area contributed by atoms with Crippen LogP contribution in [0.25, 0.3) is 0 Å².